The van der Waals surface area contributed by atoms with Crippen LogP contribution in [0.3, 0.4) is 0 Å². The van der Waals surface area contributed by atoms with Gasteiger partial charge in [-0.05, 0) is 50.2 Å². The Morgan fingerprint density at radius 3 is 2.50 bits per heavy atom. The van der Waals surface area contributed by atoms with Gasteiger partial charge in [0.1, 0.15) is 11.4 Å². The molecular weight excluding hydrogens is 304 g/mol. The van der Waals surface area contributed by atoms with Crippen molar-refractivity contribution in [1.29, 1.82) is 0 Å². The van der Waals surface area contributed by atoms with Crippen LogP contribution < -0.4 is 4.74 Å². The van der Waals surface area contributed by atoms with Crippen LogP contribution in [-0.4, -0.2) is 16.2 Å². The SMILES string of the molecule is CC(C)Oc1ccc(-c2cc(COCc3ccccn3)no2)cc1. The fraction of sp³-hybridized carbons (Fsp3) is 0.263. The van der Waals surface area contributed by atoms with E-state index in [1.54, 1.807) is 6.20 Å². The molecule has 0 spiro atoms. The zero-order valence-corrected chi connectivity index (χ0v) is 13.8. The summed E-state index contributed by atoms with van der Waals surface area (Å²) in [6.45, 7) is 4.84. The van der Waals surface area contributed by atoms with Gasteiger partial charge in [-0.3, -0.25) is 4.98 Å². The fourth-order valence-corrected chi connectivity index (χ4v) is 2.23. The van der Waals surface area contributed by atoms with Gasteiger partial charge in [-0.1, -0.05) is 11.2 Å². The minimum Gasteiger partial charge on any atom is -0.491 e. The Morgan fingerprint density at radius 1 is 1.00 bits per heavy atom. The molecule has 0 N–H and O–H groups in total. The van der Waals surface area contributed by atoms with E-state index in [2.05, 4.69) is 10.1 Å². The minimum absolute atomic E-state index is 0.156. The Labute approximate surface area is 141 Å². The summed E-state index contributed by atoms with van der Waals surface area (Å²) in [6, 6.07) is 15.4. The van der Waals surface area contributed by atoms with E-state index in [0.717, 1.165) is 22.7 Å². The largest absolute Gasteiger partial charge is 0.491 e. The molecule has 5 heteroatoms. The van der Waals surface area contributed by atoms with Gasteiger partial charge < -0.3 is 14.0 Å². The molecule has 3 rings (SSSR count). The van der Waals surface area contributed by atoms with Crippen LogP contribution in [0.5, 0.6) is 5.75 Å². The van der Waals surface area contributed by atoms with Crippen molar-refractivity contribution < 1.29 is 14.0 Å². The molecule has 0 aliphatic carbocycles. The molecule has 0 aliphatic heterocycles. The van der Waals surface area contributed by atoms with Gasteiger partial charge in [-0.2, -0.15) is 0 Å². The molecular formula is C19H20N2O3. The van der Waals surface area contributed by atoms with Crippen molar-refractivity contribution in [3.63, 3.8) is 0 Å². The summed E-state index contributed by atoms with van der Waals surface area (Å²) in [5.74, 6) is 1.55. The molecule has 0 amide bonds. The standard InChI is InChI=1S/C19H20N2O3/c1-14(2)23-18-8-6-15(7-9-18)19-11-17(21-24-19)13-22-12-16-5-3-4-10-20-16/h3-11,14H,12-13H2,1-2H3. The Kier molecular flexibility index (Phi) is 5.23. The van der Waals surface area contributed by atoms with Gasteiger partial charge in [-0.25, -0.2) is 0 Å². The number of hydrogen-bond donors (Lipinski definition) is 0. The number of hydrogen-bond acceptors (Lipinski definition) is 5. The van der Waals surface area contributed by atoms with Crippen molar-refractivity contribution in [3.8, 4) is 17.1 Å². The van der Waals surface area contributed by atoms with E-state index in [1.165, 1.54) is 0 Å². The highest BCUT2D eigenvalue weighted by Gasteiger charge is 2.08. The first-order chi connectivity index (χ1) is 11.7. The lowest BCUT2D eigenvalue weighted by atomic mass is 10.1. The number of benzene rings is 1. The first kappa shape index (κ1) is 16.2. The quantitative estimate of drug-likeness (QED) is 0.650. The molecule has 0 radical (unpaired) electrons. The van der Waals surface area contributed by atoms with Crippen molar-refractivity contribution in [2.24, 2.45) is 0 Å². The van der Waals surface area contributed by atoms with Crippen molar-refractivity contribution in [3.05, 3.63) is 66.1 Å². The molecule has 0 saturated carbocycles. The topological polar surface area (TPSA) is 57.4 Å². The number of ether oxygens (including phenoxy) is 2. The third kappa shape index (κ3) is 4.43. The number of rotatable bonds is 7. The van der Waals surface area contributed by atoms with Crippen LogP contribution in [0.1, 0.15) is 25.2 Å². The molecule has 0 fully saturated rings. The van der Waals surface area contributed by atoms with Gasteiger partial charge in [0.25, 0.3) is 0 Å². The lowest BCUT2D eigenvalue weighted by molar-refractivity contribution is 0.0997. The van der Waals surface area contributed by atoms with Gasteiger partial charge in [0.15, 0.2) is 5.76 Å². The van der Waals surface area contributed by atoms with Crippen LogP contribution in [-0.2, 0) is 18.0 Å². The molecule has 0 bridgehead atoms. The molecule has 2 aromatic heterocycles. The first-order valence-electron chi connectivity index (χ1n) is 7.91. The van der Waals surface area contributed by atoms with Gasteiger partial charge in [0.2, 0.25) is 0 Å². The maximum absolute atomic E-state index is 5.63. The summed E-state index contributed by atoms with van der Waals surface area (Å²) in [5, 5.41) is 4.04. The van der Waals surface area contributed by atoms with Crippen molar-refractivity contribution in [1.82, 2.24) is 10.1 Å². The molecule has 0 saturated heterocycles. The van der Waals surface area contributed by atoms with Gasteiger partial charge >= 0.3 is 0 Å². The third-order valence-electron chi connectivity index (χ3n) is 3.30. The average Bonchev–Trinajstić information content (AvgIpc) is 3.05. The smallest absolute Gasteiger partial charge is 0.167 e. The summed E-state index contributed by atoms with van der Waals surface area (Å²) in [6.07, 6.45) is 1.91. The zero-order chi connectivity index (χ0) is 16.8. The van der Waals surface area contributed by atoms with E-state index in [0.29, 0.717) is 19.0 Å². The first-order valence-corrected chi connectivity index (χ1v) is 7.91. The Balaban J connectivity index is 1.57. The zero-order valence-electron chi connectivity index (χ0n) is 13.8. The van der Waals surface area contributed by atoms with Crippen LogP contribution in [0.15, 0.2) is 59.3 Å². The van der Waals surface area contributed by atoms with Crippen LogP contribution >= 0.6 is 0 Å². The molecule has 2 heterocycles. The predicted octanol–water partition coefficient (Wildman–Crippen LogP) is 4.24. The van der Waals surface area contributed by atoms with E-state index < -0.39 is 0 Å². The Hall–Kier alpha value is -2.66. The summed E-state index contributed by atoms with van der Waals surface area (Å²) >= 11 is 0. The molecule has 0 aliphatic rings. The molecule has 0 atom stereocenters. The summed E-state index contributed by atoms with van der Waals surface area (Å²) < 4.78 is 16.6. The maximum Gasteiger partial charge on any atom is 0.167 e. The fourth-order valence-electron chi connectivity index (χ4n) is 2.23. The highest BCUT2D eigenvalue weighted by atomic mass is 16.5. The molecule has 5 nitrogen and oxygen atoms in total. The van der Waals surface area contributed by atoms with E-state index >= 15 is 0 Å². The van der Waals surface area contributed by atoms with Gasteiger partial charge in [-0.15, -0.1) is 0 Å². The Bertz CT molecular complexity index is 752. The third-order valence-corrected chi connectivity index (χ3v) is 3.30. The minimum atomic E-state index is 0.156. The summed E-state index contributed by atoms with van der Waals surface area (Å²) in [5.41, 5.74) is 2.60. The average molecular weight is 324 g/mol. The summed E-state index contributed by atoms with van der Waals surface area (Å²) in [4.78, 5) is 4.21. The molecule has 0 unspecified atom stereocenters. The van der Waals surface area contributed by atoms with E-state index in [1.807, 2.05) is 62.4 Å². The molecule has 1 aromatic carbocycles. The van der Waals surface area contributed by atoms with E-state index in [9.17, 15) is 0 Å². The maximum atomic E-state index is 5.63. The van der Waals surface area contributed by atoms with Crippen LogP contribution in [0.2, 0.25) is 0 Å². The number of nitrogens with zero attached hydrogens (tertiary/aromatic N) is 2. The lowest BCUT2D eigenvalue weighted by Crippen LogP contribution is -2.05. The second kappa shape index (κ2) is 7.75. The van der Waals surface area contributed by atoms with Crippen LogP contribution in [0.4, 0.5) is 0 Å². The molecule has 3 aromatic rings. The van der Waals surface area contributed by atoms with E-state index in [-0.39, 0.29) is 6.10 Å². The van der Waals surface area contributed by atoms with Crippen molar-refractivity contribution >= 4 is 0 Å². The second-order valence-electron chi connectivity index (χ2n) is 5.69. The van der Waals surface area contributed by atoms with Crippen molar-refractivity contribution in [2.75, 3.05) is 0 Å². The van der Waals surface area contributed by atoms with Crippen LogP contribution in [0.25, 0.3) is 11.3 Å². The van der Waals surface area contributed by atoms with Crippen molar-refractivity contribution in [2.45, 2.75) is 33.2 Å². The second-order valence-corrected chi connectivity index (χ2v) is 5.69. The normalized spacial score (nSPS) is 11.0. The van der Waals surface area contributed by atoms with E-state index in [4.69, 9.17) is 14.0 Å². The summed E-state index contributed by atoms with van der Waals surface area (Å²) in [7, 11) is 0. The molecule has 24 heavy (non-hydrogen) atoms. The van der Waals surface area contributed by atoms with Gasteiger partial charge in [0.05, 0.1) is 25.0 Å². The number of pyridine rings is 1. The monoisotopic (exact) mass is 324 g/mol. The van der Waals surface area contributed by atoms with Crippen LogP contribution in [0, 0.1) is 0 Å². The highest BCUT2D eigenvalue weighted by Crippen LogP contribution is 2.24. The highest BCUT2D eigenvalue weighted by molar-refractivity contribution is 5.58. The van der Waals surface area contributed by atoms with Gasteiger partial charge in [0, 0.05) is 17.8 Å². The lowest BCUT2D eigenvalue weighted by Gasteiger charge is -2.09. The Morgan fingerprint density at radius 2 is 1.79 bits per heavy atom. The number of aromatic nitrogens is 2. The molecule has 124 valence electrons. The predicted molar refractivity (Wildman–Crippen MR) is 90.4 cm³/mol.